The number of nitrogens with one attached hydrogen (secondary N) is 1. The van der Waals surface area contributed by atoms with E-state index in [0.717, 1.165) is 6.20 Å². The summed E-state index contributed by atoms with van der Waals surface area (Å²) in [6.07, 6.45) is 3.13. The molecule has 18 heavy (non-hydrogen) atoms. The Hall–Kier alpha value is -1.98. The highest BCUT2D eigenvalue weighted by molar-refractivity contribution is 5.94. The highest BCUT2D eigenvalue weighted by Gasteiger charge is 2.31. The van der Waals surface area contributed by atoms with Crippen LogP contribution in [-0.2, 0) is 16.1 Å². The van der Waals surface area contributed by atoms with E-state index >= 15 is 0 Å². The van der Waals surface area contributed by atoms with E-state index in [1.54, 1.807) is 0 Å². The zero-order chi connectivity index (χ0) is 13.1. The maximum atomic E-state index is 13.0. The quantitative estimate of drug-likeness (QED) is 0.848. The highest BCUT2D eigenvalue weighted by Crippen LogP contribution is 2.11. The van der Waals surface area contributed by atoms with Gasteiger partial charge in [-0.2, -0.15) is 0 Å². The summed E-state index contributed by atoms with van der Waals surface area (Å²) in [7, 11) is 0. The predicted molar refractivity (Wildman–Crippen MR) is 61.8 cm³/mol. The Morgan fingerprint density at radius 1 is 1.50 bits per heavy atom. The van der Waals surface area contributed by atoms with Crippen LogP contribution in [0.5, 0.6) is 0 Å². The maximum Gasteiger partial charge on any atom is 0.245 e. The van der Waals surface area contributed by atoms with E-state index in [0.29, 0.717) is 12.0 Å². The van der Waals surface area contributed by atoms with Gasteiger partial charge >= 0.3 is 0 Å². The third-order valence-corrected chi connectivity index (χ3v) is 2.82. The molecule has 0 spiro atoms. The van der Waals surface area contributed by atoms with Crippen LogP contribution in [0.4, 0.5) is 4.39 Å². The Kier molecular flexibility index (Phi) is 3.55. The van der Waals surface area contributed by atoms with Crippen molar-refractivity contribution in [2.75, 3.05) is 6.54 Å². The average molecular weight is 251 g/mol. The SMILES string of the molecule is CCC1NC(=O)CN(Cc2cncc(F)c2)C1=O. The van der Waals surface area contributed by atoms with Crippen molar-refractivity contribution in [2.45, 2.75) is 25.9 Å². The molecular weight excluding hydrogens is 237 g/mol. The van der Waals surface area contributed by atoms with Gasteiger partial charge in [0.05, 0.1) is 12.7 Å². The van der Waals surface area contributed by atoms with Crippen LogP contribution >= 0.6 is 0 Å². The van der Waals surface area contributed by atoms with E-state index in [2.05, 4.69) is 10.3 Å². The molecule has 96 valence electrons. The number of hydrogen-bond acceptors (Lipinski definition) is 3. The number of rotatable bonds is 3. The highest BCUT2D eigenvalue weighted by atomic mass is 19.1. The Bertz CT molecular complexity index is 478. The molecule has 1 aliphatic rings. The van der Waals surface area contributed by atoms with Gasteiger partial charge in [0.1, 0.15) is 11.9 Å². The van der Waals surface area contributed by atoms with E-state index in [1.165, 1.54) is 17.2 Å². The molecule has 1 N–H and O–H groups in total. The molecule has 1 saturated heterocycles. The average Bonchev–Trinajstić information content (AvgIpc) is 2.33. The zero-order valence-electron chi connectivity index (χ0n) is 10.0. The van der Waals surface area contributed by atoms with Gasteiger partial charge in [0, 0.05) is 12.7 Å². The first-order chi connectivity index (χ1) is 8.60. The van der Waals surface area contributed by atoms with Crippen molar-refractivity contribution in [1.29, 1.82) is 0 Å². The fourth-order valence-electron chi connectivity index (χ4n) is 1.95. The van der Waals surface area contributed by atoms with Crippen LogP contribution in [0.1, 0.15) is 18.9 Å². The van der Waals surface area contributed by atoms with Crippen LogP contribution in [0.25, 0.3) is 0 Å². The van der Waals surface area contributed by atoms with Crippen molar-refractivity contribution in [3.05, 3.63) is 29.8 Å². The van der Waals surface area contributed by atoms with Crippen LogP contribution < -0.4 is 5.32 Å². The number of aromatic nitrogens is 1. The molecule has 2 heterocycles. The molecule has 2 rings (SSSR count). The number of halogens is 1. The number of piperazine rings is 1. The zero-order valence-corrected chi connectivity index (χ0v) is 10.0. The van der Waals surface area contributed by atoms with Crippen molar-refractivity contribution in [3.8, 4) is 0 Å². The number of amides is 2. The third-order valence-electron chi connectivity index (χ3n) is 2.82. The molecule has 1 aromatic rings. The number of pyridine rings is 1. The molecule has 0 radical (unpaired) electrons. The second-order valence-corrected chi connectivity index (χ2v) is 4.23. The predicted octanol–water partition coefficient (Wildman–Crippen LogP) is 0.458. The fourth-order valence-corrected chi connectivity index (χ4v) is 1.95. The number of nitrogens with zero attached hydrogens (tertiary/aromatic N) is 2. The van der Waals surface area contributed by atoms with Crippen molar-refractivity contribution >= 4 is 11.8 Å². The smallest absolute Gasteiger partial charge is 0.245 e. The molecule has 0 saturated carbocycles. The standard InChI is InChI=1S/C12H14FN3O2/c1-2-10-12(18)16(7-11(17)15-10)6-8-3-9(13)5-14-4-8/h3-5,10H,2,6-7H2,1H3,(H,15,17). The van der Waals surface area contributed by atoms with Crippen molar-refractivity contribution in [2.24, 2.45) is 0 Å². The molecule has 1 unspecified atom stereocenters. The summed E-state index contributed by atoms with van der Waals surface area (Å²) in [6.45, 7) is 2.04. The Morgan fingerprint density at radius 3 is 2.94 bits per heavy atom. The summed E-state index contributed by atoms with van der Waals surface area (Å²) in [4.78, 5) is 28.6. The van der Waals surface area contributed by atoms with Gasteiger partial charge in [0.2, 0.25) is 11.8 Å². The summed E-state index contributed by atoms with van der Waals surface area (Å²) in [5.74, 6) is -0.777. The summed E-state index contributed by atoms with van der Waals surface area (Å²) in [6, 6.07) is 0.834. The number of hydrogen-bond donors (Lipinski definition) is 1. The lowest BCUT2D eigenvalue weighted by Crippen LogP contribution is -2.57. The molecule has 0 aliphatic carbocycles. The van der Waals surface area contributed by atoms with Crippen LogP contribution in [-0.4, -0.2) is 34.3 Å². The topological polar surface area (TPSA) is 62.3 Å². The van der Waals surface area contributed by atoms with Gasteiger partial charge in [-0.25, -0.2) is 4.39 Å². The molecule has 1 fully saturated rings. The maximum absolute atomic E-state index is 13.0. The van der Waals surface area contributed by atoms with Crippen LogP contribution in [0.15, 0.2) is 18.5 Å². The lowest BCUT2D eigenvalue weighted by atomic mass is 10.1. The van der Waals surface area contributed by atoms with E-state index in [1.807, 2.05) is 6.92 Å². The molecule has 1 aromatic heterocycles. The molecule has 5 nitrogen and oxygen atoms in total. The Morgan fingerprint density at radius 2 is 2.28 bits per heavy atom. The van der Waals surface area contributed by atoms with Gasteiger partial charge in [-0.1, -0.05) is 6.92 Å². The van der Waals surface area contributed by atoms with E-state index in [4.69, 9.17) is 0 Å². The molecule has 2 amide bonds. The first-order valence-electron chi connectivity index (χ1n) is 5.77. The number of carbonyl (C=O) groups is 2. The van der Waals surface area contributed by atoms with E-state index in [9.17, 15) is 14.0 Å². The minimum atomic E-state index is -0.479. The van der Waals surface area contributed by atoms with Crippen LogP contribution in [0.2, 0.25) is 0 Å². The van der Waals surface area contributed by atoms with Gasteiger partial charge in [-0.05, 0) is 18.1 Å². The normalized spacial score (nSPS) is 19.9. The molecule has 0 aromatic carbocycles. The molecule has 6 heteroatoms. The summed E-state index contributed by atoms with van der Waals surface area (Å²) >= 11 is 0. The summed E-state index contributed by atoms with van der Waals surface area (Å²) < 4.78 is 13.0. The molecule has 1 aliphatic heterocycles. The van der Waals surface area contributed by atoms with Gasteiger partial charge in [-0.3, -0.25) is 14.6 Å². The lowest BCUT2D eigenvalue weighted by molar-refractivity contribution is -0.144. The molecule has 1 atom stereocenters. The fraction of sp³-hybridized carbons (Fsp3) is 0.417. The Labute approximate surface area is 104 Å². The Balaban J connectivity index is 2.12. The van der Waals surface area contributed by atoms with E-state index < -0.39 is 11.9 Å². The monoisotopic (exact) mass is 251 g/mol. The summed E-state index contributed by atoms with van der Waals surface area (Å²) in [5, 5.41) is 2.62. The van der Waals surface area contributed by atoms with Gasteiger partial charge < -0.3 is 10.2 Å². The first-order valence-corrected chi connectivity index (χ1v) is 5.77. The van der Waals surface area contributed by atoms with Crippen LogP contribution in [0.3, 0.4) is 0 Å². The van der Waals surface area contributed by atoms with E-state index in [-0.39, 0.29) is 24.9 Å². The molecular formula is C12H14FN3O2. The minimum Gasteiger partial charge on any atom is -0.343 e. The number of carbonyl (C=O) groups excluding carboxylic acids is 2. The lowest BCUT2D eigenvalue weighted by Gasteiger charge is -2.32. The van der Waals surface area contributed by atoms with Gasteiger partial charge in [-0.15, -0.1) is 0 Å². The van der Waals surface area contributed by atoms with Gasteiger partial charge in [0.15, 0.2) is 0 Å². The third kappa shape index (κ3) is 2.64. The first kappa shape index (κ1) is 12.5. The van der Waals surface area contributed by atoms with Crippen molar-refractivity contribution in [1.82, 2.24) is 15.2 Å². The second-order valence-electron chi connectivity index (χ2n) is 4.23. The van der Waals surface area contributed by atoms with Crippen LogP contribution in [0, 0.1) is 5.82 Å². The second kappa shape index (κ2) is 5.12. The van der Waals surface area contributed by atoms with Crippen molar-refractivity contribution in [3.63, 3.8) is 0 Å². The largest absolute Gasteiger partial charge is 0.343 e. The van der Waals surface area contributed by atoms with Gasteiger partial charge in [0.25, 0.3) is 0 Å². The summed E-state index contributed by atoms with van der Waals surface area (Å²) in [5.41, 5.74) is 0.577. The minimum absolute atomic E-state index is 0.00580. The van der Waals surface area contributed by atoms with Crippen molar-refractivity contribution < 1.29 is 14.0 Å². The molecule has 0 bridgehead atoms.